The molecule has 0 aromatic carbocycles. The Morgan fingerprint density at radius 2 is 1.53 bits per heavy atom. The topological polar surface area (TPSA) is 0 Å². The van der Waals surface area contributed by atoms with E-state index < -0.39 is 0 Å². The van der Waals surface area contributed by atoms with Crippen molar-refractivity contribution in [3.05, 3.63) is 36.0 Å². The fraction of sp³-hybridized carbons (Fsp3) is 0.600. The fourth-order valence-corrected chi connectivity index (χ4v) is 0.856. The van der Waals surface area contributed by atoms with Crippen LogP contribution in [-0.2, 0) is 0 Å². The molecule has 0 N–H and O–H groups in total. The first-order valence-electron chi connectivity index (χ1n) is 6.12. The first-order chi connectivity index (χ1) is 7.17. The molecular formula is C15H30. The predicted octanol–water partition coefficient (Wildman–Crippen LogP) is 5.92. The van der Waals surface area contributed by atoms with E-state index in [4.69, 9.17) is 0 Å². The summed E-state index contributed by atoms with van der Waals surface area (Å²) in [6.45, 7) is 18.2. The minimum Gasteiger partial charge on any atom is -0.0991 e. The molecule has 0 nitrogen and oxygen atoms in total. The van der Waals surface area contributed by atoms with Crippen LogP contribution in [0.25, 0.3) is 0 Å². The van der Waals surface area contributed by atoms with Gasteiger partial charge in [0.05, 0.1) is 0 Å². The smallest absolute Gasteiger partial charge is 0.0305 e. The molecule has 0 aromatic rings. The Hall–Kier alpha value is -0.780. The van der Waals surface area contributed by atoms with Crippen LogP contribution < -0.4 is 0 Å². The lowest BCUT2D eigenvalue weighted by Crippen LogP contribution is -1.81. The normalized spacial score (nSPS) is 10.6. The summed E-state index contributed by atoms with van der Waals surface area (Å²) in [5.74, 6) is 0. The minimum atomic E-state index is 1.09. The van der Waals surface area contributed by atoms with Crippen LogP contribution in [0.5, 0.6) is 0 Å². The molecule has 0 aliphatic carbocycles. The molecule has 0 aliphatic heterocycles. The molecule has 0 saturated carbocycles. The number of hydrogen-bond donors (Lipinski definition) is 0. The van der Waals surface area contributed by atoms with E-state index >= 15 is 0 Å². The minimum absolute atomic E-state index is 1.09. The summed E-state index contributed by atoms with van der Waals surface area (Å²) in [6.07, 6.45) is 8.36. The quantitative estimate of drug-likeness (QED) is 0.507. The van der Waals surface area contributed by atoms with Gasteiger partial charge in [-0.2, -0.15) is 0 Å². The van der Waals surface area contributed by atoms with Crippen LogP contribution in [0.4, 0.5) is 0 Å². The van der Waals surface area contributed by atoms with Crippen LogP contribution in [0.15, 0.2) is 36.0 Å². The van der Waals surface area contributed by atoms with Crippen molar-refractivity contribution in [2.45, 2.75) is 61.3 Å². The molecule has 0 atom stereocenters. The Balaban J connectivity index is -0.000000245. The lowest BCUT2D eigenvalue weighted by Gasteiger charge is -2.01. The summed E-state index contributed by atoms with van der Waals surface area (Å²) in [5, 5.41) is 0. The van der Waals surface area contributed by atoms with Crippen LogP contribution >= 0.6 is 0 Å². The van der Waals surface area contributed by atoms with Crippen LogP contribution in [-0.4, -0.2) is 0 Å². The maximum absolute atomic E-state index is 3.66. The summed E-state index contributed by atoms with van der Waals surface area (Å²) < 4.78 is 0. The molecule has 90 valence electrons. The molecule has 0 fully saturated rings. The zero-order valence-electron chi connectivity index (χ0n) is 11.9. The van der Waals surface area contributed by atoms with Gasteiger partial charge in [0.15, 0.2) is 0 Å². The van der Waals surface area contributed by atoms with E-state index in [0.29, 0.717) is 0 Å². The Kier molecular flexibility index (Phi) is 24.9. The maximum Gasteiger partial charge on any atom is -0.0305 e. The van der Waals surface area contributed by atoms with Gasteiger partial charge in [-0.3, -0.25) is 0 Å². The Morgan fingerprint density at radius 3 is 1.73 bits per heavy atom. The van der Waals surface area contributed by atoms with E-state index in [9.17, 15) is 0 Å². The van der Waals surface area contributed by atoms with Crippen LogP contribution in [0.1, 0.15) is 61.3 Å². The van der Waals surface area contributed by atoms with Crippen molar-refractivity contribution in [3.8, 4) is 0 Å². The summed E-state index contributed by atoms with van der Waals surface area (Å²) in [6, 6.07) is 0. The molecule has 0 aromatic heterocycles. The fourth-order valence-electron chi connectivity index (χ4n) is 0.856. The molecule has 0 heteroatoms. The maximum atomic E-state index is 3.66. The molecule has 0 rings (SSSR count). The van der Waals surface area contributed by atoms with E-state index in [0.717, 1.165) is 6.42 Å². The molecule has 0 spiro atoms. The second kappa shape index (κ2) is 18.9. The predicted molar refractivity (Wildman–Crippen MR) is 75.3 cm³/mol. The lowest BCUT2D eigenvalue weighted by molar-refractivity contribution is 1.09. The lowest BCUT2D eigenvalue weighted by atomic mass is 10.1. The monoisotopic (exact) mass is 210 g/mol. The summed E-state index contributed by atoms with van der Waals surface area (Å²) in [5.41, 5.74) is 2.72. The van der Waals surface area contributed by atoms with Gasteiger partial charge in [-0.05, 0) is 25.8 Å². The van der Waals surface area contributed by atoms with Gasteiger partial charge >= 0.3 is 0 Å². The Morgan fingerprint density at radius 1 is 1.13 bits per heavy atom. The van der Waals surface area contributed by atoms with E-state index in [1.54, 1.807) is 0 Å². The first-order valence-corrected chi connectivity index (χ1v) is 6.12. The van der Waals surface area contributed by atoms with Crippen molar-refractivity contribution in [3.63, 3.8) is 0 Å². The zero-order valence-corrected chi connectivity index (χ0v) is 11.9. The standard InChI is InChI=1S/C10H16.C3H8.C2H6/c1-5-8-10(7-3)9(4)6-2;1-3-2;1-2/h5-6,8H,1,7H2,2-4H3;3H2,1-2H3;1-2H3/b9-6+,10-8-;;. The highest BCUT2D eigenvalue weighted by Gasteiger charge is 1.91. The summed E-state index contributed by atoms with van der Waals surface area (Å²) in [4.78, 5) is 0. The van der Waals surface area contributed by atoms with Crippen molar-refractivity contribution < 1.29 is 0 Å². The van der Waals surface area contributed by atoms with Gasteiger partial charge in [-0.15, -0.1) is 0 Å². The largest absolute Gasteiger partial charge is 0.0991 e. The SMILES string of the molecule is C=C/C=C(CC)\C(C)=C\C.CC.CCC. The third-order valence-electron chi connectivity index (χ3n) is 1.64. The molecule has 15 heavy (non-hydrogen) atoms. The Labute approximate surface area is 97.8 Å². The molecule has 0 saturated heterocycles. The second-order valence-electron chi connectivity index (χ2n) is 2.96. The Bertz CT molecular complexity index is 170. The van der Waals surface area contributed by atoms with E-state index in [-0.39, 0.29) is 0 Å². The third-order valence-corrected chi connectivity index (χ3v) is 1.64. The molecule has 0 amide bonds. The van der Waals surface area contributed by atoms with E-state index in [2.05, 4.69) is 53.3 Å². The van der Waals surface area contributed by atoms with Crippen molar-refractivity contribution >= 4 is 0 Å². The van der Waals surface area contributed by atoms with Gasteiger partial charge in [-0.25, -0.2) is 0 Å². The molecule has 0 heterocycles. The first kappa shape index (κ1) is 19.7. The highest BCUT2D eigenvalue weighted by molar-refractivity contribution is 5.30. The van der Waals surface area contributed by atoms with Gasteiger partial charge in [-0.1, -0.05) is 71.4 Å². The average Bonchev–Trinajstić information content (AvgIpc) is 2.28. The van der Waals surface area contributed by atoms with Crippen molar-refractivity contribution in [2.75, 3.05) is 0 Å². The van der Waals surface area contributed by atoms with Crippen LogP contribution in [0.3, 0.4) is 0 Å². The zero-order chi connectivity index (χ0) is 12.7. The molecule has 0 aliphatic rings. The average molecular weight is 210 g/mol. The van der Waals surface area contributed by atoms with E-state index in [1.807, 2.05) is 19.9 Å². The molecule has 0 radical (unpaired) electrons. The summed E-state index contributed by atoms with van der Waals surface area (Å²) in [7, 11) is 0. The van der Waals surface area contributed by atoms with Crippen LogP contribution in [0, 0.1) is 0 Å². The summed E-state index contributed by atoms with van der Waals surface area (Å²) >= 11 is 0. The molecular weight excluding hydrogens is 180 g/mol. The highest BCUT2D eigenvalue weighted by atomic mass is 14.0. The number of rotatable bonds is 3. The van der Waals surface area contributed by atoms with Gasteiger partial charge in [0.2, 0.25) is 0 Å². The second-order valence-corrected chi connectivity index (χ2v) is 2.96. The van der Waals surface area contributed by atoms with E-state index in [1.165, 1.54) is 17.6 Å². The van der Waals surface area contributed by atoms with Gasteiger partial charge in [0.25, 0.3) is 0 Å². The van der Waals surface area contributed by atoms with Gasteiger partial charge in [0.1, 0.15) is 0 Å². The van der Waals surface area contributed by atoms with Crippen LogP contribution in [0.2, 0.25) is 0 Å². The third kappa shape index (κ3) is 15.9. The molecule has 0 unspecified atom stereocenters. The highest BCUT2D eigenvalue weighted by Crippen LogP contribution is 2.12. The van der Waals surface area contributed by atoms with Crippen molar-refractivity contribution in [1.82, 2.24) is 0 Å². The van der Waals surface area contributed by atoms with Crippen molar-refractivity contribution in [2.24, 2.45) is 0 Å². The molecule has 0 bridgehead atoms. The number of allylic oxidation sites excluding steroid dienone is 5. The number of hydrogen-bond acceptors (Lipinski definition) is 0. The van der Waals surface area contributed by atoms with Gasteiger partial charge < -0.3 is 0 Å². The van der Waals surface area contributed by atoms with Gasteiger partial charge in [0, 0.05) is 0 Å². The van der Waals surface area contributed by atoms with Crippen molar-refractivity contribution in [1.29, 1.82) is 0 Å².